The highest BCUT2D eigenvalue weighted by atomic mass is 32.1. The Balaban J connectivity index is 1.92. The van der Waals surface area contributed by atoms with Crippen LogP contribution in [-0.4, -0.2) is 36.7 Å². The summed E-state index contributed by atoms with van der Waals surface area (Å²) in [4.78, 5) is 24.0. The van der Waals surface area contributed by atoms with Crippen molar-refractivity contribution in [2.75, 3.05) is 13.7 Å². The molecular formula is C16H17NO5S. The van der Waals surface area contributed by atoms with Gasteiger partial charge in [-0.1, -0.05) is 12.1 Å². The average molecular weight is 335 g/mol. The molecule has 1 aromatic heterocycles. The van der Waals surface area contributed by atoms with Gasteiger partial charge in [-0.25, -0.2) is 4.79 Å². The van der Waals surface area contributed by atoms with Crippen molar-refractivity contribution in [2.24, 2.45) is 0 Å². The topological polar surface area (TPSA) is 84.9 Å². The fourth-order valence-corrected chi connectivity index (χ4v) is 2.45. The summed E-state index contributed by atoms with van der Waals surface area (Å²) in [6.07, 6.45) is -1.07. The lowest BCUT2D eigenvalue weighted by molar-refractivity contribution is -0.148. The fourth-order valence-electron chi connectivity index (χ4n) is 1.84. The van der Waals surface area contributed by atoms with Crippen molar-refractivity contribution in [3.63, 3.8) is 0 Å². The number of nitrogens with one attached hydrogen (secondary N) is 1. The van der Waals surface area contributed by atoms with Gasteiger partial charge in [-0.2, -0.15) is 0 Å². The van der Waals surface area contributed by atoms with Gasteiger partial charge in [-0.05, 0) is 29.6 Å². The second-order valence-electron chi connectivity index (χ2n) is 4.67. The highest BCUT2D eigenvalue weighted by Gasteiger charge is 2.17. The molecule has 0 saturated carbocycles. The smallest absolute Gasteiger partial charge is 0.334 e. The number of carbonyl (C=O) groups is 2. The number of hydrogen-bond donors (Lipinski definition) is 2. The van der Waals surface area contributed by atoms with Crippen LogP contribution in [-0.2, 0) is 16.1 Å². The second kappa shape index (κ2) is 8.30. The molecule has 1 aromatic carbocycles. The van der Waals surface area contributed by atoms with Gasteiger partial charge in [-0.3, -0.25) is 4.79 Å². The second-order valence-corrected chi connectivity index (χ2v) is 5.70. The molecule has 1 amide bonds. The normalized spacial score (nSPS) is 11.7. The van der Waals surface area contributed by atoms with Gasteiger partial charge in [0.05, 0.1) is 6.54 Å². The number of ether oxygens (including phenoxy) is 2. The van der Waals surface area contributed by atoms with E-state index in [2.05, 4.69) is 5.32 Å². The molecule has 0 radical (unpaired) electrons. The zero-order chi connectivity index (χ0) is 16.7. The van der Waals surface area contributed by atoms with Crippen molar-refractivity contribution in [1.82, 2.24) is 5.32 Å². The maximum Gasteiger partial charge on any atom is 0.334 e. The van der Waals surface area contributed by atoms with Crippen LogP contribution in [0, 0.1) is 0 Å². The molecule has 0 fully saturated rings. The number of benzene rings is 1. The Morgan fingerprint density at radius 2 is 2.13 bits per heavy atom. The molecule has 0 aliphatic rings. The van der Waals surface area contributed by atoms with Crippen LogP contribution in [0.5, 0.6) is 5.75 Å². The predicted molar refractivity (Wildman–Crippen MR) is 85.9 cm³/mol. The van der Waals surface area contributed by atoms with Gasteiger partial charge in [0.25, 0.3) is 5.91 Å². The molecular weight excluding hydrogens is 318 g/mol. The van der Waals surface area contributed by atoms with E-state index in [1.165, 1.54) is 7.11 Å². The summed E-state index contributed by atoms with van der Waals surface area (Å²) in [5.41, 5.74) is 0.397. The molecule has 6 nitrogen and oxygen atoms in total. The maximum absolute atomic E-state index is 12.1. The number of rotatable bonds is 8. The largest absolute Gasteiger partial charge is 0.488 e. The lowest BCUT2D eigenvalue weighted by Gasteiger charge is -2.12. The summed E-state index contributed by atoms with van der Waals surface area (Å²) in [6.45, 7) is 0.332. The van der Waals surface area contributed by atoms with Gasteiger partial charge in [0.15, 0.2) is 6.10 Å². The molecule has 7 heteroatoms. The van der Waals surface area contributed by atoms with E-state index in [0.717, 1.165) is 4.88 Å². The van der Waals surface area contributed by atoms with Crippen LogP contribution in [0.25, 0.3) is 0 Å². The Hall–Kier alpha value is -2.38. The Labute approximate surface area is 137 Å². The van der Waals surface area contributed by atoms with Crippen LogP contribution >= 0.6 is 11.3 Å². The number of thiophene rings is 1. The van der Waals surface area contributed by atoms with Crippen molar-refractivity contribution >= 4 is 23.2 Å². The quantitative estimate of drug-likeness (QED) is 0.772. The van der Waals surface area contributed by atoms with E-state index in [4.69, 9.17) is 14.6 Å². The van der Waals surface area contributed by atoms with Crippen LogP contribution in [0.15, 0.2) is 41.8 Å². The summed E-state index contributed by atoms with van der Waals surface area (Å²) in [6, 6.07) is 10.6. The molecule has 1 unspecified atom stereocenters. The zero-order valence-electron chi connectivity index (χ0n) is 12.5. The van der Waals surface area contributed by atoms with E-state index in [-0.39, 0.29) is 12.5 Å². The van der Waals surface area contributed by atoms with Crippen molar-refractivity contribution < 1.29 is 24.2 Å². The lowest BCUT2D eigenvalue weighted by Crippen LogP contribution is -2.37. The molecule has 0 aliphatic carbocycles. The summed E-state index contributed by atoms with van der Waals surface area (Å²) in [7, 11) is 1.28. The average Bonchev–Trinajstić information content (AvgIpc) is 3.06. The minimum atomic E-state index is -1.12. The van der Waals surface area contributed by atoms with Crippen LogP contribution in [0.3, 0.4) is 0 Å². The van der Waals surface area contributed by atoms with E-state index in [0.29, 0.717) is 17.9 Å². The molecule has 2 rings (SSSR count). The molecule has 1 atom stereocenters. The first-order valence-corrected chi connectivity index (χ1v) is 7.77. The summed E-state index contributed by atoms with van der Waals surface area (Å²) in [5, 5.41) is 13.4. The SMILES string of the molecule is COC(CNC(=O)c1cccc(OCc2cccs2)c1)C(=O)O. The number of aliphatic carboxylic acids is 1. The summed E-state index contributed by atoms with van der Waals surface area (Å²) in [5.74, 6) is -0.928. The van der Waals surface area contributed by atoms with Crippen molar-refractivity contribution in [1.29, 1.82) is 0 Å². The minimum absolute atomic E-state index is 0.106. The standard InChI is InChI=1S/C16H17NO5S/c1-21-14(16(19)20)9-17-15(18)11-4-2-5-12(8-11)22-10-13-6-3-7-23-13/h2-8,14H,9-10H2,1H3,(H,17,18)(H,19,20). The molecule has 0 bridgehead atoms. The Morgan fingerprint density at radius 1 is 1.30 bits per heavy atom. The molecule has 122 valence electrons. The highest BCUT2D eigenvalue weighted by Crippen LogP contribution is 2.17. The monoisotopic (exact) mass is 335 g/mol. The molecule has 1 heterocycles. The Morgan fingerprint density at radius 3 is 2.78 bits per heavy atom. The molecule has 23 heavy (non-hydrogen) atoms. The first-order chi connectivity index (χ1) is 11.1. The predicted octanol–water partition coefficient (Wildman–Crippen LogP) is 2.16. The van der Waals surface area contributed by atoms with E-state index in [1.807, 2.05) is 17.5 Å². The van der Waals surface area contributed by atoms with E-state index in [9.17, 15) is 9.59 Å². The minimum Gasteiger partial charge on any atom is -0.488 e. The van der Waals surface area contributed by atoms with Gasteiger partial charge in [-0.15, -0.1) is 11.3 Å². The van der Waals surface area contributed by atoms with Gasteiger partial charge in [0, 0.05) is 17.6 Å². The van der Waals surface area contributed by atoms with Gasteiger partial charge in [0.1, 0.15) is 12.4 Å². The van der Waals surface area contributed by atoms with E-state index < -0.39 is 12.1 Å². The number of hydrogen-bond acceptors (Lipinski definition) is 5. The number of amides is 1. The molecule has 0 spiro atoms. The Bertz CT molecular complexity index is 656. The third-order valence-electron chi connectivity index (χ3n) is 3.07. The molecule has 0 aliphatic heterocycles. The summed E-state index contributed by atoms with van der Waals surface area (Å²) >= 11 is 1.60. The highest BCUT2D eigenvalue weighted by molar-refractivity contribution is 7.09. The summed E-state index contributed by atoms with van der Waals surface area (Å²) < 4.78 is 10.4. The number of carboxylic acid groups (broad SMARTS) is 1. The van der Waals surface area contributed by atoms with Crippen LogP contribution in [0.2, 0.25) is 0 Å². The van der Waals surface area contributed by atoms with Crippen LogP contribution < -0.4 is 10.1 Å². The maximum atomic E-state index is 12.1. The van der Waals surface area contributed by atoms with Gasteiger partial charge >= 0.3 is 5.97 Å². The third-order valence-corrected chi connectivity index (χ3v) is 3.92. The van der Waals surface area contributed by atoms with Crippen molar-refractivity contribution in [3.8, 4) is 5.75 Å². The number of methoxy groups -OCH3 is 1. The third kappa shape index (κ3) is 5.08. The first kappa shape index (κ1) is 17.0. The van der Waals surface area contributed by atoms with Crippen LogP contribution in [0.1, 0.15) is 15.2 Å². The number of carboxylic acids is 1. The number of carbonyl (C=O) groups excluding carboxylic acids is 1. The van der Waals surface area contributed by atoms with Crippen molar-refractivity contribution in [3.05, 3.63) is 52.2 Å². The molecule has 2 aromatic rings. The van der Waals surface area contributed by atoms with Gasteiger partial charge in [0.2, 0.25) is 0 Å². The van der Waals surface area contributed by atoms with E-state index in [1.54, 1.807) is 35.6 Å². The first-order valence-electron chi connectivity index (χ1n) is 6.89. The zero-order valence-corrected chi connectivity index (χ0v) is 13.3. The van der Waals surface area contributed by atoms with E-state index >= 15 is 0 Å². The van der Waals surface area contributed by atoms with Crippen molar-refractivity contribution in [2.45, 2.75) is 12.7 Å². The molecule has 0 saturated heterocycles. The Kier molecular flexibility index (Phi) is 6.13. The van der Waals surface area contributed by atoms with Crippen LogP contribution in [0.4, 0.5) is 0 Å². The van der Waals surface area contributed by atoms with Gasteiger partial charge < -0.3 is 19.9 Å². The fraction of sp³-hybridized carbons (Fsp3) is 0.250. The lowest BCUT2D eigenvalue weighted by atomic mass is 10.2. The molecule has 2 N–H and O–H groups in total.